The summed E-state index contributed by atoms with van der Waals surface area (Å²) < 4.78 is 20.0. The molecule has 10 heteroatoms. The van der Waals surface area contributed by atoms with Crippen LogP contribution in [0.25, 0.3) is 11.3 Å². The van der Waals surface area contributed by atoms with Crippen molar-refractivity contribution in [2.75, 3.05) is 12.9 Å². The summed E-state index contributed by atoms with van der Waals surface area (Å²) in [6.45, 7) is 1.51. The second-order valence-electron chi connectivity index (χ2n) is 6.27. The summed E-state index contributed by atoms with van der Waals surface area (Å²) in [5.74, 6) is 0. The Kier molecular flexibility index (Phi) is 6.36. The van der Waals surface area contributed by atoms with Gasteiger partial charge in [0.05, 0.1) is 12.2 Å². The third kappa shape index (κ3) is 5.56. The lowest BCUT2D eigenvalue weighted by Gasteiger charge is -2.13. The number of nitrogens with zero attached hydrogens (tertiary/aromatic N) is 5. The van der Waals surface area contributed by atoms with Crippen molar-refractivity contribution in [2.45, 2.75) is 23.8 Å². The molecule has 0 aromatic carbocycles. The van der Waals surface area contributed by atoms with Gasteiger partial charge in [0.2, 0.25) is 0 Å². The number of hydrogen-bond acceptors (Lipinski definition) is 7. The molecule has 0 saturated carbocycles. The van der Waals surface area contributed by atoms with Crippen molar-refractivity contribution in [1.82, 2.24) is 24.7 Å². The number of rotatable bonds is 7. The summed E-state index contributed by atoms with van der Waals surface area (Å²) in [5.41, 5.74) is 1.82. The summed E-state index contributed by atoms with van der Waals surface area (Å²) in [7, 11) is 2.05. The molecule has 0 bridgehead atoms. The molecule has 0 aliphatic carbocycles. The van der Waals surface area contributed by atoms with Crippen LogP contribution in [0.2, 0.25) is 0 Å². The van der Waals surface area contributed by atoms with Crippen LogP contribution in [0.1, 0.15) is 12.5 Å². The van der Waals surface area contributed by atoms with Gasteiger partial charge in [0, 0.05) is 41.3 Å². The molecule has 0 saturated heterocycles. The van der Waals surface area contributed by atoms with Crippen LogP contribution < -0.4 is 10.3 Å². The smallest absolute Gasteiger partial charge is 0.316 e. The maximum absolute atomic E-state index is 13.5. The lowest BCUT2D eigenvalue weighted by molar-refractivity contribution is 0.172. The molecular formula is C18H19FN5O2PS. The number of aromatic nitrogens is 5. The molecular weight excluding hydrogens is 400 g/mol. The Morgan fingerprint density at radius 3 is 2.68 bits per heavy atom. The van der Waals surface area contributed by atoms with Crippen molar-refractivity contribution in [3.05, 3.63) is 58.9 Å². The topological polar surface area (TPSA) is 82.8 Å². The van der Waals surface area contributed by atoms with Gasteiger partial charge in [-0.15, -0.1) is 11.8 Å². The van der Waals surface area contributed by atoms with Gasteiger partial charge in [0.15, 0.2) is 5.41 Å². The molecule has 3 aromatic heterocycles. The van der Waals surface area contributed by atoms with Crippen molar-refractivity contribution < 1.29 is 9.13 Å². The summed E-state index contributed by atoms with van der Waals surface area (Å²) in [6, 6.07) is 5.10. The molecule has 3 aromatic rings. The zero-order valence-electron chi connectivity index (χ0n) is 15.4. The van der Waals surface area contributed by atoms with Crippen LogP contribution in [0.4, 0.5) is 4.39 Å². The minimum absolute atomic E-state index is 0.0725. The quantitative estimate of drug-likeness (QED) is 0.430. The summed E-state index contributed by atoms with van der Waals surface area (Å²) in [4.78, 5) is 25.5. The highest BCUT2D eigenvalue weighted by atomic mass is 32.2. The van der Waals surface area contributed by atoms with E-state index in [1.54, 1.807) is 30.2 Å². The standard InChI is InChI=1S/C18H19FN5O2PS/c1-18(19,27)11-26-17-21-7-13(8-22-17)15-3-4-16(25)24(23-15)10-12-5-14(28-2)9-20-6-12/h3-9H,10-11,27H2,1-2H3. The molecule has 3 heterocycles. The molecule has 28 heavy (non-hydrogen) atoms. The molecule has 0 fully saturated rings. The van der Waals surface area contributed by atoms with Gasteiger partial charge in [0.1, 0.15) is 6.61 Å². The first-order valence-corrected chi connectivity index (χ1v) is 10.1. The molecule has 0 aliphatic rings. The number of ether oxygens (including phenoxy) is 1. The first kappa shape index (κ1) is 20.4. The van der Waals surface area contributed by atoms with Crippen molar-refractivity contribution in [3.63, 3.8) is 0 Å². The lowest BCUT2D eigenvalue weighted by atomic mass is 10.2. The van der Waals surface area contributed by atoms with Crippen LogP contribution in [0.3, 0.4) is 0 Å². The summed E-state index contributed by atoms with van der Waals surface area (Å²) in [5, 5.41) is 2.84. The number of hydrogen-bond donors (Lipinski definition) is 0. The van der Waals surface area contributed by atoms with Crippen LogP contribution in [0.15, 0.2) is 52.7 Å². The molecule has 0 spiro atoms. The van der Waals surface area contributed by atoms with E-state index in [0.29, 0.717) is 17.8 Å². The highest BCUT2D eigenvalue weighted by Crippen LogP contribution is 2.20. The Balaban J connectivity index is 1.79. The maximum atomic E-state index is 13.5. The molecule has 0 radical (unpaired) electrons. The second-order valence-corrected chi connectivity index (χ2v) is 8.35. The highest BCUT2D eigenvalue weighted by Gasteiger charge is 2.17. The molecule has 0 aliphatic heterocycles. The first-order valence-electron chi connectivity index (χ1n) is 8.33. The number of halogens is 1. The highest BCUT2D eigenvalue weighted by molar-refractivity contribution is 7.98. The van der Waals surface area contributed by atoms with Crippen molar-refractivity contribution in [1.29, 1.82) is 0 Å². The monoisotopic (exact) mass is 419 g/mol. The van der Waals surface area contributed by atoms with Crippen LogP contribution >= 0.6 is 21.0 Å². The Hall–Kier alpha value is -2.38. The first-order chi connectivity index (χ1) is 13.3. The minimum atomic E-state index is -1.55. The average Bonchev–Trinajstić information content (AvgIpc) is 2.68. The van der Waals surface area contributed by atoms with Crippen LogP contribution in [0.5, 0.6) is 6.01 Å². The number of thioether (sulfide) groups is 1. The number of pyridine rings is 1. The van der Waals surface area contributed by atoms with Gasteiger partial charge in [0.25, 0.3) is 5.56 Å². The van der Waals surface area contributed by atoms with E-state index in [-0.39, 0.29) is 18.2 Å². The van der Waals surface area contributed by atoms with E-state index >= 15 is 0 Å². The third-order valence-electron chi connectivity index (χ3n) is 3.61. The van der Waals surface area contributed by atoms with E-state index in [1.165, 1.54) is 30.1 Å². The fraction of sp³-hybridized carbons (Fsp3) is 0.278. The maximum Gasteiger partial charge on any atom is 0.316 e. The van der Waals surface area contributed by atoms with Gasteiger partial charge < -0.3 is 4.74 Å². The second kappa shape index (κ2) is 8.75. The van der Waals surface area contributed by atoms with Gasteiger partial charge in [-0.3, -0.25) is 9.78 Å². The minimum Gasteiger partial charge on any atom is -0.460 e. The van der Waals surface area contributed by atoms with Gasteiger partial charge in [-0.25, -0.2) is 19.0 Å². The average molecular weight is 419 g/mol. The largest absolute Gasteiger partial charge is 0.460 e. The SMILES string of the molecule is CSc1cncc(Cn2nc(-c3cnc(OCC(C)(F)P)nc3)ccc2=O)c1. The van der Waals surface area contributed by atoms with Crippen molar-refractivity contribution >= 4 is 21.0 Å². The van der Waals surface area contributed by atoms with E-state index in [2.05, 4.69) is 20.1 Å². The lowest BCUT2D eigenvalue weighted by Crippen LogP contribution is -2.23. The van der Waals surface area contributed by atoms with E-state index in [9.17, 15) is 9.18 Å². The predicted molar refractivity (Wildman–Crippen MR) is 109 cm³/mol. The Morgan fingerprint density at radius 1 is 1.25 bits per heavy atom. The summed E-state index contributed by atoms with van der Waals surface area (Å²) in [6.07, 6.45) is 8.49. The normalized spacial score (nSPS) is 13.1. The van der Waals surface area contributed by atoms with Gasteiger partial charge >= 0.3 is 6.01 Å². The van der Waals surface area contributed by atoms with Gasteiger partial charge in [-0.1, -0.05) is 9.24 Å². The van der Waals surface area contributed by atoms with Crippen LogP contribution in [-0.2, 0) is 6.54 Å². The molecule has 0 N–H and O–H groups in total. The molecule has 2 unspecified atom stereocenters. The van der Waals surface area contributed by atoms with Gasteiger partial charge in [-0.05, 0) is 30.9 Å². The third-order valence-corrected chi connectivity index (χ3v) is 4.47. The Labute approximate surface area is 168 Å². The zero-order valence-corrected chi connectivity index (χ0v) is 17.3. The van der Waals surface area contributed by atoms with E-state index in [1.807, 2.05) is 21.6 Å². The van der Waals surface area contributed by atoms with Crippen LogP contribution in [-0.4, -0.2) is 43.0 Å². The number of alkyl halides is 1. The van der Waals surface area contributed by atoms with Crippen LogP contribution in [0, 0.1) is 0 Å². The fourth-order valence-electron chi connectivity index (χ4n) is 2.28. The summed E-state index contributed by atoms with van der Waals surface area (Å²) >= 11 is 1.58. The Morgan fingerprint density at radius 2 is 2.00 bits per heavy atom. The van der Waals surface area contributed by atoms with E-state index in [4.69, 9.17) is 4.74 Å². The molecule has 3 rings (SSSR count). The fourth-order valence-corrected chi connectivity index (χ4v) is 2.80. The molecule has 146 valence electrons. The van der Waals surface area contributed by atoms with E-state index < -0.39 is 5.41 Å². The zero-order chi connectivity index (χ0) is 20.1. The van der Waals surface area contributed by atoms with E-state index in [0.717, 1.165) is 10.5 Å². The Bertz CT molecular complexity index is 1010. The van der Waals surface area contributed by atoms with Crippen molar-refractivity contribution in [3.8, 4) is 17.3 Å². The predicted octanol–water partition coefficient (Wildman–Crippen LogP) is 2.81. The van der Waals surface area contributed by atoms with Crippen molar-refractivity contribution in [2.24, 2.45) is 0 Å². The van der Waals surface area contributed by atoms with Gasteiger partial charge in [-0.2, -0.15) is 5.10 Å². The molecule has 2 atom stereocenters. The molecule has 7 nitrogen and oxygen atoms in total. The molecule has 0 amide bonds.